The fourth-order valence-electron chi connectivity index (χ4n) is 3.44. The third-order valence-corrected chi connectivity index (χ3v) is 4.69. The highest BCUT2D eigenvalue weighted by molar-refractivity contribution is 5.82. The van der Waals surface area contributed by atoms with E-state index < -0.39 is 6.10 Å². The molecule has 0 bridgehead atoms. The van der Waals surface area contributed by atoms with E-state index in [9.17, 15) is 9.90 Å². The van der Waals surface area contributed by atoms with Crippen LogP contribution in [0.1, 0.15) is 23.7 Å². The molecule has 5 nitrogen and oxygen atoms in total. The second-order valence-corrected chi connectivity index (χ2v) is 6.81. The second-order valence-electron chi connectivity index (χ2n) is 6.81. The highest BCUT2D eigenvalue weighted by Gasteiger charge is 2.31. The van der Waals surface area contributed by atoms with E-state index in [-0.39, 0.29) is 5.91 Å². The summed E-state index contributed by atoms with van der Waals surface area (Å²) < 4.78 is 0. The summed E-state index contributed by atoms with van der Waals surface area (Å²) in [5.41, 5.74) is 1.85. The number of carbonyl (C=O) groups is 1. The first-order valence-electron chi connectivity index (χ1n) is 8.72. The number of aromatic nitrogens is 1. The number of rotatable bonds is 6. The lowest BCUT2D eigenvalue weighted by atomic mass is 10.1. The fraction of sp³-hybridized carbons (Fsp3) is 0.400. The van der Waals surface area contributed by atoms with E-state index in [1.165, 1.54) is 5.56 Å². The Balaban J connectivity index is 1.50. The van der Waals surface area contributed by atoms with Gasteiger partial charge in [-0.3, -0.25) is 9.78 Å². The summed E-state index contributed by atoms with van der Waals surface area (Å²) in [5.74, 6) is 0.247. The molecule has 1 aliphatic heterocycles. The molecule has 2 unspecified atom stereocenters. The Morgan fingerprint density at radius 1 is 1.32 bits per heavy atom. The van der Waals surface area contributed by atoms with Gasteiger partial charge in [-0.15, -0.1) is 0 Å². The Labute approximate surface area is 148 Å². The van der Waals surface area contributed by atoms with Crippen LogP contribution >= 0.6 is 0 Å². The quantitative estimate of drug-likeness (QED) is 0.876. The van der Waals surface area contributed by atoms with Crippen molar-refractivity contribution in [2.24, 2.45) is 5.92 Å². The van der Waals surface area contributed by atoms with Crippen LogP contribution in [0.3, 0.4) is 0 Å². The van der Waals surface area contributed by atoms with Crippen molar-refractivity contribution in [2.45, 2.75) is 19.1 Å². The lowest BCUT2D eigenvalue weighted by molar-refractivity contribution is -0.139. The molecule has 1 aromatic carbocycles. The van der Waals surface area contributed by atoms with E-state index in [1.807, 2.05) is 30.5 Å². The Morgan fingerprint density at radius 2 is 2.12 bits per heavy atom. The average Bonchev–Trinajstić information content (AvgIpc) is 3.10. The van der Waals surface area contributed by atoms with Crippen LogP contribution in [0.5, 0.6) is 0 Å². The van der Waals surface area contributed by atoms with Gasteiger partial charge in [-0.05, 0) is 36.6 Å². The Kier molecular flexibility index (Phi) is 5.79. The number of hydrogen-bond acceptors (Lipinski definition) is 4. The SMILES string of the molecule is CN(Cc1cccnc1)CC1CCN(C(=O)C(O)c2ccccc2)C1. The van der Waals surface area contributed by atoms with Crippen molar-refractivity contribution in [3.63, 3.8) is 0 Å². The summed E-state index contributed by atoms with van der Waals surface area (Å²) in [5, 5.41) is 10.3. The molecule has 132 valence electrons. The lowest BCUT2D eigenvalue weighted by Crippen LogP contribution is -2.34. The molecule has 0 spiro atoms. The smallest absolute Gasteiger partial charge is 0.256 e. The molecule has 1 saturated heterocycles. The third-order valence-electron chi connectivity index (χ3n) is 4.69. The van der Waals surface area contributed by atoms with Gasteiger partial charge in [0.2, 0.25) is 0 Å². The van der Waals surface area contributed by atoms with Crippen LogP contribution in [0, 0.1) is 5.92 Å². The number of amides is 1. The van der Waals surface area contributed by atoms with Crippen molar-refractivity contribution in [3.05, 3.63) is 66.0 Å². The van der Waals surface area contributed by atoms with Crippen LogP contribution in [0.25, 0.3) is 0 Å². The first-order chi connectivity index (χ1) is 12.1. The molecule has 3 rings (SSSR count). The van der Waals surface area contributed by atoms with Crippen molar-refractivity contribution in [1.29, 1.82) is 0 Å². The maximum Gasteiger partial charge on any atom is 0.256 e. The van der Waals surface area contributed by atoms with E-state index in [4.69, 9.17) is 0 Å². The molecule has 1 fully saturated rings. The molecule has 1 N–H and O–H groups in total. The molecule has 2 aromatic rings. The summed E-state index contributed by atoms with van der Waals surface area (Å²) in [6, 6.07) is 13.2. The van der Waals surface area contributed by atoms with Gasteiger partial charge in [0.05, 0.1) is 0 Å². The van der Waals surface area contributed by atoms with Gasteiger partial charge in [0, 0.05) is 38.6 Å². The summed E-state index contributed by atoms with van der Waals surface area (Å²) in [6.07, 6.45) is 3.58. The topological polar surface area (TPSA) is 56.7 Å². The normalized spacial score (nSPS) is 18.5. The average molecular weight is 339 g/mol. The van der Waals surface area contributed by atoms with Crippen LogP contribution < -0.4 is 0 Å². The molecule has 5 heteroatoms. The number of aliphatic hydroxyl groups is 1. The number of benzene rings is 1. The summed E-state index contributed by atoms with van der Waals surface area (Å²) in [7, 11) is 2.09. The van der Waals surface area contributed by atoms with Crippen LogP contribution in [0.15, 0.2) is 54.9 Å². The molecular formula is C20H25N3O2. The number of likely N-dealkylation sites (tertiary alicyclic amines) is 1. The van der Waals surface area contributed by atoms with Crippen molar-refractivity contribution in [1.82, 2.24) is 14.8 Å². The minimum atomic E-state index is -1.06. The molecular weight excluding hydrogens is 314 g/mol. The van der Waals surface area contributed by atoms with Gasteiger partial charge in [0.15, 0.2) is 6.10 Å². The molecule has 2 heterocycles. The van der Waals surface area contributed by atoms with Gasteiger partial charge in [-0.1, -0.05) is 36.4 Å². The molecule has 1 aliphatic rings. The zero-order valence-electron chi connectivity index (χ0n) is 14.6. The van der Waals surface area contributed by atoms with E-state index in [2.05, 4.69) is 23.0 Å². The molecule has 0 saturated carbocycles. The van der Waals surface area contributed by atoms with Crippen LogP contribution in [-0.2, 0) is 11.3 Å². The zero-order chi connectivity index (χ0) is 17.6. The van der Waals surface area contributed by atoms with Crippen LogP contribution in [0.4, 0.5) is 0 Å². The van der Waals surface area contributed by atoms with Gasteiger partial charge in [0.25, 0.3) is 5.91 Å². The van der Waals surface area contributed by atoms with E-state index in [0.29, 0.717) is 24.6 Å². The minimum Gasteiger partial charge on any atom is -0.378 e. The first-order valence-corrected chi connectivity index (χ1v) is 8.72. The second kappa shape index (κ2) is 8.23. The standard InChI is InChI=1S/C20H25N3O2/c1-22(13-16-6-5-10-21-12-16)14-17-9-11-23(15-17)20(25)19(24)18-7-3-2-4-8-18/h2-8,10,12,17,19,24H,9,11,13-15H2,1H3. The van der Waals surface area contributed by atoms with Gasteiger partial charge >= 0.3 is 0 Å². The molecule has 2 atom stereocenters. The third kappa shape index (κ3) is 4.65. The maximum atomic E-state index is 12.5. The van der Waals surface area contributed by atoms with Crippen LogP contribution in [0.2, 0.25) is 0 Å². The summed E-state index contributed by atoms with van der Waals surface area (Å²) in [4.78, 5) is 20.7. The first kappa shape index (κ1) is 17.6. The number of pyridine rings is 1. The molecule has 0 aliphatic carbocycles. The molecule has 1 aromatic heterocycles. The van der Waals surface area contributed by atoms with Gasteiger partial charge in [0.1, 0.15) is 0 Å². The van der Waals surface area contributed by atoms with Crippen molar-refractivity contribution < 1.29 is 9.90 Å². The monoisotopic (exact) mass is 339 g/mol. The van der Waals surface area contributed by atoms with E-state index >= 15 is 0 Å². The highest BCUT2D eigenvalue weighted by atomic mass is 16.3. The number of aliphatic hydroxyl groups excluding tert-OH is 1. The zero-order valence-corrected chi connectivity index (χ0v) is 14.6. The fourth-order valence-corrected chi connectivity index (χ4v) is 3.44. The molecule has 0 radical (unpaired) electrons. The van der Waals surface area contributed by atoms with Crippen LogP contribution in [-0.4, -0.2) is 52.5 Å². The minimum absolute atomic E-state index is 0.191. The van der Waals surface area contributed by atoms with E-state index in [0.717, 1.165) is 19.5 Å². The highest BCUT2D eigenvalue weighted by Crippen LogP contribution is 2.22. The Bertz CT molecular complexity index is 678. The van der Waals surface area contributed by atoms with Gasteiger partial charge < -0.3 is 14.9 Å². The lowest BCUT2D eigenvalue weighted by Gasteiger charge is -2.23. The molecule has 25 heavy (non-hydrogen) atoms. The largest absolute Gasteiger partial charge is 0.378 e. The Morgan fingerprint density at radius 3 is 2.84 bits per heavy atom. The maximum absolute atomic E-state index is 12.5. The number of carbonyl (C=O) groups excluding carboxylic acids is 1. The van der Waals surface area contributed by atoms with Crippen molar-refractivity contribution in [2.75, 3.05) is 26.7 Å². The Hall–Kier alpha value is -2.24. The predicted molar refractivity (Wildman–Crippen MR) is 96.7 cm³/mol. The summed E-state index contributed by atoms with van der Waals surface area (Å²) >= 11 is 0. The predicted octanol–water partition coefficient (Wildman–Crippen LogP) is 2.10. The molecule has 1 amide bonds. The number of hydrogen-bond donors (Lipinski definition) is 1. The van der Waals surface area contributed by atoms with Gasteiger partial charge in [-0.25, -0.2) is 0 Å². The van der Waals surface area contributed by atoms with Crippen molar-refractivity contribution >= 4 is 5.91 Å². The summed E-state index contributed by atoms with van der Waals surface area (Å²) in [6.45, 7) is 3.21. The van der Waals surface area contributed by atoms with E-state index in [1.54, 1.807) is 23.2 Å². The van der Waals surface area contributed by atoms with Gasteiger partial charge in [-0.2, -0.15) is 0 Å². The van der Waals surface area contributed by atoms with Crippen molar-refractivity contribution in [3.8, 4) is 0 Å². The number of nitrogens with zero attached hydrogens (tertiary/aromatic N) is 3.